The third-order valence-electron chi connectivity index (χ3n) is 4.70. The summed E-state index contributed by atoms with van der Waals surface area (Å²) in [5.74, 6) is -1.92. The summed E-state index contributed by atoms with van der Waals surface area (Å²) in [4.78, 5) is 35.5. The van der Waals surface area contributed by atoms with E-state index in [1.165, 1.54) is 11.3 Å². The van der Waals surface area contributed by atoms with E-state index in [1.54, 1.807) is 18.4 Å². The number of carboxylic acid groups (broad SMARTS) is 1. The number of nitrogens with two attached hydrogens (primary N) is 1. The highest BCUT2D eigenvalue weighted by Gasteiger charge is 2.43. The molecule has 2 amide bonds. The molecule has 4 N–H and O–H groups in total. The number of anilines is 1. The van der Waals surface area contributed by atoms with Crippen molar-refractivity contribution >= 4 is 34.1 Å². The van der Waals surface area contributed by atoms with Gasteiger partial charge in [0.1, 0.15) is 5.00 Å². The van der Waals surface area contributed by atoms with E-state index >= 15 is 0 Å². The van der Waals surface area contributed by atoms with Gasteiger partial charge in [-0.05, 0) is 37.1 Å². The first-order chi connectivity index (χ1) is 10.8. The summed E-state index contributed by atoms with van der Waals surface area (Å²) in [6, 6.07) is 1.55. The van der Waals surface area contributed by atoms with Gasteiger partial charge in [-0.25, -0.2) is 0 Å². The molecule has 1 fully saturated rings. The molecule has 0 radical (unpaired) electrons. The minimum Gasteiger partial charge on any atom is -0.481 e. The molecule has 2 rings (SSSR count). The van der Waals surface area contributed by atoms with Gasteiger partial charge in [0.2, 0.25) is 5.91 Å². The molecule has 6 nitrogen and oxygen atoms in total. The van der Waals surface area contributed by atoms with Crippen LogP contribution in [0, 0.1) is 11.3 Å². The lowest BCUT2D eigenvalue weighted by molar-refractivity contribution is -0.145. The molecule has 0 spiro atoms. The van der Waals surface area contributed by atoms with Gasteiger partial charge in [-0.15, -0.1) is 11.3 Å². The Bertz CT molecular complexity index is 607. The molecule has 1 aliphatic rings. The van der Waals surface area contributed by atoms with Crippen molar-refractivity contribution in [1.82, 2.24) is 0 Å². The lowest BCUT2D eigenvalue weighted by Gasteiger charge is -2.37. The Labute approximate surface area is 139 Å². The van der Waals surface area contributed by atoms with Crippen molar-refractivity contribution in [3.05, 3.63) is 17.0 Å². The maximum Gasteiger partial charge on any atom is 0.304 e. The average molecular weight is 338 g/mol. The summed E-state index contributed by atoms with van der Waals surface area (Å²) in [6.45, 7) is 1.71. The maximum absolute atomic E-state index is 12.8. The van der Waals surface area contributed by atoms with Crippen molar-refractivity contribution < 1.29 is 19.5 Å². The van der Waals surface area contributed by atoms with Crippen molar-refractivity contribution in [1.29, 1.82) is 0 Å². The van der Waals surface area contributed by atoms with Gasteiger partial charge in [-0.1, -0.05) is 19.3 Å². The molecule has 1 aromatic rings. The average Bonchev–Trinajstić information content (AvgIpc) is 2.95. The van der Waals surface area contributed by atoms with Crippen LogP contribution in [0.3, 0.4) is 0 Å². The molecule has 1 aliphatic carbocycles. The predicted molar refractivity (Wildman–Crippen MR) is 88.4 cm³/mol. The summed E-state index contributed by atoms with van der Waals surface area (Å²) < 4.78 is 0. The van der Waals surface area contributed by atoms with Crippen LogP contribution in [-0.4, -0.2) is 22.9 Å². The minimum atomic E-state index is -0.995. The fraction of sp³-hybridized carbons (Fsp3) is 0.562. The summed E-state index contributed by atoms with van der Waals surface area (Å²) in [5, 5.41) is 14.0. The van der Waals surface area contributed by atoms with Gasteiger partial charge in [0.05, 0.1) is 17.4 Å². The Balaban J connectivity index is 2.23. The summed E-state index contributed by atoms with van der Waals surface area (Å²) in [6.07, 6.45) is 4.63. The number of carboxylic acids is 1. The summed E-state index contributed by atoms with van der Waals surface area (Å²) in [5.41, 5.74) is 4.55. The van der Waals surface area contributed by atoms with E-state index in [1.807, 2.05) is 0 Å². The number of rotatable bonds is 6. The smallest absolute Gasteiger partial charge is 0.304 e. The molecule has 1 atom stereocenters. The zero-order valence-electron chi connectivity index (χ0n) is 13.1. The number of thiophene rings is 1. The Hall–Kier alpha value is -1.89. The van der Waals surface area contributed by atoms with E-state index in [0.717, 1.165) is 32.1 Å². The van der Waals surface area contributed by atoms with Crippen molar-refractivity contribution in [2.24, 2.45) is 17.1 Å². The van der Waals surface area contributed by atoms with Gasteiger partial charge in [-0.3, -0.25) is 14.4 Å². The summed E-state index contributed by atoms with van der Waals surface area (Å²) >= 11 is 1.21. The molecular weight excluding hydrogens is 316 g/mol. The lowest BCUT2D eigenvalue weighted by atomic mass is 9.67. The quantitative estimate of drug-likeness (QED) is 0.741. The van der Waals surface area contributed by atoms with E-state index in [4.69, 9.17) is 5.73 Å². The van der Waals surface area contributed by atoms with Crippen molar-refractivity contribution in [2.75, 3.05) is 5.32 Å². The SMILES string of the molecule is C[C@](CC(=O)O)(C(=O)Nc1sccc1C(N)=O)C1CCCCC1. The zero-order chi connectivity index (χ0) is 17.0. The number of nitrogens with one attached hydrogen (secondary N) is 1. The van der Waals surface area contributed by atoms with Crippen LogP contribution in [0.5, 0.6) is 0 Å². The molecule has 23 heavy (non-hydrogen) atoms. The van der Waals surface area contributed by atoms with Crippen LogP contribution in [0.4, 0.5) is 5.00 Å². The van der Waals surface area contributed by atoms with Crippen LogP contribution in [0.15, 0.2) is 11.4 Å². The molecular formula is C16H22N2O4S. The van der Waals surface area contributed by atoms with Gasteiger partial charge in [0.15, 0.2) is 0 Å². The number of amides is 2. The number of aliphatic carboxylic acids is 1. The van der Waals surface area contributed by atoms with Gasteiger partial charge in [0, 0.05) is 0 Å². The fourth-order valence-electron chi connectivity index (χ4n) is 3.31. The van der Waals surface area contributed by atoms with Crippen LogP contribution in [-0.2, 0) is 9.59 Å². The first-order valence-corrected chi connectivity index (χ1v) is 8.63. The predicted octanol–water partition coefficient (Wildman–Crippen LogP) is 2.85. The largest absolute Gasteiger partial charge is 0.481 e. The van der Waals surface area contributed by atoms with E-state index in [0.29, 0.717) is 5.00 Å². The molecule has 0 aliphatic heterocycles. The minimum absolute atomic E-state index is 0.0318. The number of carbonyl (C=O) groups excluding carboxylic acids is 2. The van der Waals surface area contributed by atoms with Gasteiger partial charge in [0.25, 0.3) is 5.91 Å². The van der Waals surface area contributed by atoms with Crippen LogP contribution >= 0.6 is 11.3 Å². The lowest BCUT2D eigenvalue weighted by Crippen LogP contribution is -2.42. The highest BCUT2D eigenvalue weighted by Crippen LogP contribution is 2.42. The summed E-state index contributed by atoms with van der Waals surface area (Å²) in [7, 11) is 0. The number of hydrogen-bond donors (Lipinski definition) is 3. The second-order valence-electron chi connectivity index (χ2n) is 6.30. The number of primary amides is 1. The van der Waals surface area contributed by atoms with Gasteiger partial charge in [-0.2, -0.15) is 0 Å². The first-order valence-electron chi connectivity index (χ1n) is 7.75. The van der Waals surface area contributed by atoms with Crippen molar-refractivity contribution in [3.63, 3.8) is 0 Å². The molecule has 0 unspecified atom stereocenters. The molecule has 7 heteroatoms. The monoisotopic (exact) mass is 338 g/mol. The van der Waals surface area contributed by atoms with E-state index in [-0.39, 0.29) is 23.8 Å². The Morgan fingerprint density at radius 1 is 1.35 bits per heavy atom. The molecule has 1 heterocycles. The Morgan fingerprint density at radius 3 is 2.57 bits per heavy atom. The molecule has 126 valence electrons. The van der Waals surface area contributed by atoms with Gasteiger partial charge < -0.3 is 16.2 Å². The molecule has 0 bridgehead atoms. The van der Waals surface area contributed by atoms with Crippen LogP contribution in [0.25, 0.3) is 0 Å². The maximum atomic E-state index is 12.8. The topological polar surface area (TPSA) is 109 Å². The van der Waals surface area contributed by atoms with E-state index < -0.39 is 17.3 Å². The third-order valence-corrected chi connectivity index (χ3v) is 5.53. The Morgan fingerprint density at radius 2 is 2.00 bits per heavy atom. The third kappa shape index (κ3) is 3.90. The second-order valence-corrected chi connectivity index (χ2v) is 7.22. The number of carbonyl (C=O) groups is 3. The second kappa shape index (κ2) is 7.12. The van der Waals surface area contributed by atoms with Crippen LogP contribution in [0.2, 0.25) is 0 Å². The first kappa shape index (κ1) is 17.5. The number of hydrogen-bond acceptors (Lipinski definition) is 4. The standard InChI is InChI=1S/C16H22N2O4S/c1-16(9-12(19)20,10-5-3-2-4-6-10)15(22)18-14-11(13(17)21)7-8-23-14/h7-8,10H,2-6,9H2,1H3,(H2,17,21)(H,18,22)(H,19,20)/t16-/m1/s1. The van der Waals surface area contributed by atoms with Crippen LogP contribution in [0.1, 0.15) is 55.8 Å². The molecule has 0 aromatic carbocycles. The highest BCUT2D eigenvalue weighted by atomic mass is 32.1. The van der Waals surface area contributed by atoms with E-state index in [2.05, 4.69) is 5.32 Å². The van der Waals surface area contributed by atoms with Crippen molar-refractivity contribution in [3.8, 4) is 0 Å². The Kier molecular flexibility index (Phi) is 5.41. The highest BCUT2D eigenvalue weighted by molar-refractivity contribution is 7.14. The molecule has 1 saturated carbocycles. The van der Waals surface area contributed by atoms with E-state index in [9.17, 15) is 19.5 Å². The zero-order valence-corrected chi connectivity index (χ0v) is 13.9. The van der Waals surface area contributed by atoms with Crippen molar-refractivity contribution in [2.45, 2.75) is 45.4 Å². The van der Waals surface area contributed by atoms with Gasteiger partial charge >= 0.3 is 5.97 Å². The normalized spacial score (nSPS) is 18.1. The fourth-order valence-corrected chi connectivity index (χ4v) is 4.10. The van der Waals surface area contributed by atoms with Crippen LogP contribution < -0.4 is 11.1 Å². The molecule has 0 saturated heterocycles. The molecule has 1 aromatic heterocycles.